The third-order valence-electron chi connectivity index (χ3n) is 4.01. The number of phenolic OH excluding ortho intramolecular Hbond substituents is 1. The molecule has 0 saturated heterocycles. The van der Waals surface area contributed by atoms with Crippen LogP contribution in [-0.2, 0) is 11.3 Å². The Morgan fingerprint density at radius 3 is 2.81 bits per heavy atom. The Morgan fingerprint density at radius 2 is 1.96 bits per heavy atom. The van der Waals surface area contributed by atoms with Crippen molar-refractivity contribution < 1.29 is 28.5 Å². The summed E-state index contributed by atoms with van der Waals surface area (Å²) >= 11 is 6.13. The highest BCUT2D eigenvalue weighted by Crippen LogP contribution is 2.38. The lowest BCUT2D eigenvalue weighted by molar-refractivity contribution is 0.0472. The van der Waals surface area contributed by atoms with Crippen LogP contribution in [0.1, 0.15) is 15.9 Å². The van der Waals surface area contributed by atoms with Gasteiger partial charge in [0.15, 0.2) is 11.5 Å². The first-order valence-corrected chi connectivity index (χ1v) is 8.41. The van der Waals surface area contributed by atoms with Gasteiger partial charge in [0.25, 0.3) is 0 Å². The number of fused-ring (bicyclic) bond motifs is 2. The van der Waals surface area contributed by atoms with Crippen molar-refractivity contribution in [1.29, 1.82) is 0 Å². The molecule has 0 unspecified atom stereocenters. The van der Waals surface area contributed by atoms with Crippen molar-refractivity contribution in [2.45, 2.75) is 6.61 Å². The third-order valence-corrected chi connectivity index (χ3v) is 4.29. The number of ether oxygens (including phenoxy) is 3. The number of halogens is 1. The lowest BCUT2D eigenvalue weighted by Gasteiger charge is -2.20. The minimum Gasteiger partial charge on any atom is -0.508 e. The standard InChI is InChI=1S/C19H13ClO7/c20-14-5-10(6-16-18(14)25-4-3-24-16)19(23)26-9-11-7-17(22)27-15-8-12(21)1-2-13(11)15/h1-2,5-8,21H,3-4,9H2. The van der Waals surface area contributed by atoms with Crippen LogP contribution in [0.2, 0.25) is 5.02 Å². The Hall–Kier alpha value is -3.19. The molecule has 0 spiro atoms. The van der Waals surface area contributed by atoms with Crippen LogP contribution in [0.15, 0.2) is 45.6 Å². The van der Waals surface area contributed by atoms with E-state index >= 15 is 0 Å². The van der Waals surface area contributed by atoms with Gasteiger partial charge in [0.2, 0.25) is 0 Å². The molecule has 0 amide bonds. The van der Waals surface area contributed by atoms with Crippen molar-refractivity contribution >= 4 is 28.5 Å². The lowest BCUT2D eigenvalue weighted by Crippen LogP contribution is -2.16. The average molecular weight is 389 g/mol. The van der Waals surface area contributed by atoms with Crippen LogP contribution >= 0.6 is 11.6 Å². The van der Waals surface area contributed by atoms with Crippen molar-refractivity contribution in [1.82, 2.24) is 0 Å². The number of carbonyl (C=O) groups is 1. The Labute approximate surface area is 157 Å². The van der Waals surface area contributed by atoms with E-state index in [2.05, 4.69) is 0 Å². The van der Waals surface area contributed by atoms with Crippen LogP contribution < -0.4 is 15.1 Å². The zero-order valence-corrected chi connectivity index (χ0v) is 14.6. The smallest absolute Gasteiger partial charge is 0.338 e. The van der Waals surface area contributed by atoms with Crippen LogP contribution in [0, 0.1) is 0 Å². The molecular weight excluding hydrogens is 376 g/mol. The quantitative estimate of drug-likeness (QED) is 0.543. The van der Waals surface area contributed by atoms with Crippen LogP contribution in [-0.4, -0.2) is 24.3 Å². The summed E-state index contributed by atoms with van der Waals surface area (Å²) in [7, 11) is 0. The van der Waals surface area contributed by atoms with Gasteiger partial charge in [0, 0.05) is 23.1 Å². The summed E-state index contributed by atoms with van der Waals surface area (Å²) in [5.74, 6) is 0.104. The van der Waals surface area contributed by atoms with Crippen molar-refractivity contribution in [3.63, 3.8) is 0 Å². The third kappa shape index (κ3) is 3.41. The summed E-state index contributed by atoms with van der Waals surface area (Å²) in [6.07, 6.45) is 0. The number of rotatable bonds is 3. The summed E-state index contributed by atoms with van der Waals surface area (Å²) in [4.78, 5) is 24.1. The highest BCUT2D eigenvalue weighted by atomic mass is 35.5. The molecule has 8 heteroatoms. The van der Waals surface area contributed by atoms with Crippen LogP contribution in [0.4, 0.5) is 0 Å². The highest BCUT2D eigenvalue weighted by molar-refractivity contribution is 6.32. The molecule has 0 fully saturated rings. The lowest BCUT2D eigenvalue weighted by atomic mass is 10.1. The molecule has 2 heterocycles. The molecule has 0 aliphatic carbocycles. The van der Waals surface area contributed by atoms with Crippen LogP contribution in [0.5, 0.6) is 17.2 Å². The van der Waals surface area contributed by atoms with E-state index in [0.717, 1.165) is 0 Å². The Morgan fingerprint density at radius 1 is 1.15 bits per heavy atom. The molecule has 1 aromatic heterocycles. The van der Waals surface area contributed by atoms with Crippen LogP contribution in [0.3, 0.4) is 0 Å². The number of hydrogen-bond acceptors (Lipinski definition) is 7. The van der Waals surface area contributed by atoms with Gasteiger partial charge in [-0.3, -0.25) is 0 Å². The summed E-state index contributed by atoms with van der Waals surface area (Å²) in [6.45, 7) is 0.591. The van der Waals surface area contributed by atoms with Crippen molar-refractivity contribution in [3.8, 4) is 17.2 Å². The Bertz CT molecular complexity index is 1100. The maximum absolute atomic E-state index is 12.4. The second-order valence-electron chi connectivity index (χ2n) is 5.83. The van der Waals surface area contributed by atoms with Gasteiger partial charge in [-0.15, -0.1) is 0 Å². The van der Waals surface area contributed by atoms with Crippen LogP contribution in [0.25, 0.3) is 11.0 Å². The average Bonchev–Trinajstić information content (AvgIpc) is 2.65. The number of aromatic hydroxyl groups is 1. The number of phenols is 1. The predicted octanol–water partition coefficient (Wildman–Crippen LogP) is 3.28. The molecule has 0 radical (unpaired) electrons. The minimum absolute atomic E-state index is 0.0364. The highest BCUT2D eigenvalue weighted by Gasteiger charge is 2.20. The summed E-state index contributed by atoms with van der Waals surface area (Å²) < 4.78 is 21.2. The van der Waals surface area contributed by atoms with Crippen molar-refractivity contribution in [2.75, 3.05) is 13.2 Å². The van der Waals surface area contributed by atoms with E-state index in [-0.39, 0.29) is 28.5 Å². The number of hydrogen-bond donors (Lipinski definition) is 1. The first-order valence-electron chi connectivity index (χ1n) is 8.03. The molecule has 0 atom stereocenters. The van der Waals surface area contributed by atoms with E-state index in [9.17, 15) is 14.7 Å². The summed E-state index contributed by atoms with van der Waals surface area (Å²) in [5.41, 5.74) is 0.254. The largest absolute Gasteiger partial charge is 0.508 e. The molecule has 4 rings (SSSR count). The topological polar surface area (TPSA) is 95.2 Å². The zero-order chi connectivity index (χ0) is 19.0. The number of carbonyl (C=O) groups excluding carboxylic acids is 1. The number of benzene rings is 2. The zero-order valence-electron chi connectivity index (χ0n) is 13.9. The Kier molecular flexibility index (Phi) is 4.37. The molecule has 0 bridgehead atoms. The fourth-order valence-corrected chi connectivity index (χ4v) is 3.06. The van der Waals surface area contributed by atoms with Crippen molar-refractivity contribution in [2.24, 2.45) is 0 Å². The number of esters is 1. The van der Waals surface area contributed by atoms with E-state index in [0.29, 0.717) is 35.7 Å². The van der Waals surface area contributed by atoms with E-state index < -0.39 is 11.6 Å². The molecule has 1 aliphatic rings. The van der Waals surface area contributed by atoms with Gasteiger partial charge in [0.05, 0.1) is 10.6 Å². The van der Waals surface area contributed by atoms with E-state index in [1.54, 1.807) is 6.07 Å². The predicted molar refractivity (Wildman–Crippen MR) is 95.7 cm³/mol. The molecule has 3 aromatic rings. The second kappa shape index (κ2) is 6.85. The Balaban J connectivity index is 1.59. The molecule has 2 aromatic carbocycles. The summed E-state index contributed by atoms with van der Waals surface area (Å²) in [5, 5.41) is 10.3. The van der Waals surface area contributed by atoms with Gasteiger partial charge in [-0.1, -0.05) is 11.6 Å². The van der Waals surface area contributed by atoms with Gasteiger partial charge < -0.3 is 23.7 Å². The first-order chi connectivity index (χ1) is 13.0. The monoisotopic (exact) mass is 388 g/mol. The first kappa shape index (κ1) is 17.2. The fourth-order valence-electron chi connectivity index (χ4n) is 2.79. The minimum atomic E-state index is -0.631. The molecule has 0 saturated carbocycles. The molecule has 138 valence electrons. The second-order valence-corrected chi connectivity index (χ2v) is 6.24. The van der Waals surface area contributed by atoms with Gasteiger partial charge in [0.1, 0.15) is 31.2 Å². The van der Waals surface area contributed by atoms with E-state index in [4.69, 9.17) is 30.2 Å². The SMILES string of the molecule is O=C(OCc1cc(=O)oc2cc(O)ccc12)c1cc(Cl)c2c(c1)OCCO2. The van der Waals surface area contributed by atoms with Gasteiger partial charge in [-0.2, -0.15) is 0 Å². The van der Waals surface area contributed by atoms with E-state index in [1.807, 2.05) is 0 Å². The van der Waals surface area contributed by atoms with Gasteiger partial charge in [-0.05, 0) is 24.3 Å². The normalized spacial score (nSPS) is 12.8. The van der Waals surface area contributed by atoms with Gasteiger partial charge >= 0.3 is 11.6 Å². The maximum Gasteiger partial charge on any atom is 0.338 e. The molecular formula is C19H13ClO7. The summed E-state index contributed by atoms with van der Waals surface area (Å²) in [6, 6.07) is 8.53. The molecule has 7 nitrogen and oxygen atoms in total. The molecule has 1 N–H and O–H groups in total. The molecule has 27 heavy (non-hydrogen) atoms. The van der Waals surface area contributed by atoms with Gasteiger partial charge in [-0.25, -0.2) is 9.59 Å². The van der Waals surface area contributed by atoms with E-state index in [1.165, 1.54) is 30.3 Å². The van der Waals surface area contributed by atoms with Crippen molar-refractivity contribution in [3.05, 3.63) is 63.0 Å². The molecule has 1 aliphatic heterocycles. The maximum atomic E-state index is 12.4. The fraction of sp³-hybridized carbons (Fsp3) is 0.158.